The number of carbonyl (C=O) groups excluding carboxylic acids is 2. The molecule has 0 spiro atoms. The van der Waals surface area contributed by atoms with Gasteiger partial charge < -0.3 is 5.32 Å². The number of anilines is 1. The van der Waals surface area contributed by atoms with Crippen LogP contribution in [0.2, 0.25) is 0 Å². The fraction of sp³-hybridized carbons (Fsp3) is 0.286. The van der Waals surface area contributed by atoms with Crippen LogP contribution in [0.25, 0.3) is 0 Å². The average Bonchev–Trinajstić information content (AvgIpc) is 2.44. The number of nitrogens with one attached hydrogen (secondary N) is 2. The van der Waals surface area contributed by atoms with Gasteiger partial charge in [0.1, 0.15) is 4.88 Å². The van der Waals surface area contributed by atoms with Crippen molar-refractivity contribution in [1.29, 1.82) is 0 Å². The Morgan fingerprint density at radius 2 is 2.14 bits per heavy atom. The Hall–Kier alpha value is -1.47. The minimum absolute atomic E-state index is 0.224. The van der Waals surface area contributed by atoms with Crippen LogP contribution in [0.4, 0.5) is 5.13 Å². The first kappa shape index (κ1) is 10.6. The topological polar surface area (TPSA) is 97.1 Å². The van der Waals surface area contributed by atoms with Gasteiger partial charge in [0.25, 0.3) is 5.91 Å². The summed E-state index contributed by atoms with van der Waals surface area (Å²) in [7, 11) is 0. The fourth-order valence-electron chi connectivity index (χ4n) is 0.877. The van der Waals surface area contributed by atoms with E-state index in [0.29, 0.717) is 15.7 Å². The predicted octanol–water partition coefficient (Wildman–Crippen LogP) is 0.0134. The molecule has 0 bridgehead atoms. The number of nitrogens with zero attached hydrogens (tertiary/aromatic N) is 1. The van der Waals surface area contributed by atoms with Gasteiger partial charge in [-0.15, -0.1) is 0 Å². The van der Waals surface area contributed by atoms with Crippen LogP contribution < -0.4 is 16.6 Å². The number of rotatable bonds is 2. The van der Waals surface area contributed by atoms with Crippen LogP contribution >= 0.6 is 11.3 Å². The van der Waals surface area contributed by atoms with Crippen LogP contribution in [0.3, 0.4) is 0 Å². The van der Waals surface area contributed by atoms with E-state index in [-0.39, 0.29) is 5.91 Å². The third kappa shape index (κ3) is 2.27. The normalized spacial score (nSPS) is 9.64. The summed E-state index contributed by atoms with van der Waals surface area (Å²) >= 11 is 1.09. The van der Waals surface area contributed by atoms with Gasteiger partial charge in [0.2, 0.25) is 5.91 Å². The van der Waals surface area contributed by atoms with Crippen molar-refractivity contribution in [2.45, 2.75) is 13.8 Å². The van der Waals surface area contributed by atoms with Gasteiger partial charge in [0.05, 0.1) is 5.69 Å². The summed E-state index contributed by atoms with van der Waals surface area (Å²) < 4.78 is 0. The van der Waals surface area contributed by atoms with Gasteiger partial charge in [0.15, 0.2) is 5.13 Å². The van der Waals surface area contributed by atoms with Crippen molar-refractivity contribution < 1.29 is 9.59 Å². The zero-order valence-corrected chi connectivity index (χ0v) is 8.57. The number of hydrazine groups is 1. The number of nitrogens with two attached hydrogens (primary N) is 1. The summed E-state index contributed by atoms with van der Waals surface area (Å²) in [5.74, 6) is 4.35. The molecule has 0 aliphatic heterocycles. The molecule has 0 atom stereocenters. The smallest absolute Gasteiger partial charge is 0.277 e. The summed E-state index contributed by atoms with van der Waals surface area (Å²) in [5.41, 5.74) is 2.55. The Morgan fingerprint density at radius 3 is 2.64 bits per heavy atom. The molecular formula is C7H10N4O2S. The van der Waals surface area contributed by atoms with E-state index in [9.17, 15) is 9.59 Å². The molecule has 1 heterocycles. The van der Waals surface area contributed by atoms with Crippen LogP contribution in [0.15, 0.2) is 0 Å². The maximum atomic E-state index is 11.2. The second kappa shape index (κ2) is 4.16. The zero-order chi connectivity index (χ0) is 10.7. The highest BCUT2D eigenvalue weighted by atomic mass is 32.1. The van der Waals surface area contributed by atoms with Crippen molar-refractivity contribution in [1.82, 2.24) is 10.4 Å². The maximum Gasteiger partial charge on any atom is 0.277 e. The molecule has 14 heavy (non-hydrogen) atoms. The summed E-state index contributed by atoms with van der Waals surface area (Å²) in [4.78, 5) is 26.2. The van der Waals surface area contributed by atoms with Gasteiger partial charge in [0, 0.05) is 6.92 Å². The van der Waals surface area contributed by atoms with Gasteiger partial charge in [-0.2, -0.15) is 0 Å². The highest BCUT2D eigenvalue weighted by molar-refractivity contribution is 7.17. The quantitative estimate of drug-likeness (QED) is 0.367. The standard InChI is InChI=1S/C7H10N4O2S/c1-3-5(6(13)11-8)14-7(9-3)10-4(2)12/h8H2,1-2H3,(H,11,13)(H,9,10,12). The lowest BCUT2D eigenvalue weighted by Gasteiger charge is -1.93. The largest absolute Gasteiger partial charge is 0.302 e. The molecule has 0 saturated heterocycles. The molecular weight excluding hydrogens is 204 g/mol. The molecule has 0 unspecified atom stereocenters. The van der Waals surface area contributed by atoms with Gasteiger partial charge in [-0.25, -0.2) is 10.8 Å². The minimum atomic E-state index is -0.406. The Labute approximate surface area is 84.5 Å². The zero-order valence-electron chi connectivity index (χ0n) is 7.75. The molecule has 2 amide bonds. The molecule has 0 aliphatic rings. The first-order chi connectivity index (χ1) is 6.54. The number of aryl methyl sites for hydroxylation is 1. The van der Waals surface area contributed by atoms with Crippen molar-refractivity contribution in [2.75, 3.05) is 5.32 Å². The molecule has 6 nitrogen and oxygen atoms in total. The molecule has 4 N–H and O–H groups in total. The fourth-order valence-corrected chi connectivity index (χ4v) is 1.79. The molecule has 7 heteroatoms. The van der Waals surface area contributed by atoms with E-state index in [4.69, 9.17) is 5.84 Å². The molecule has 1 aromatic heterocycles. The molecule has 0 radical (unpaired) electrons. The molecule has 1 rings (SSSR count). The third-order valence-electron chi connectivity index (χ3n) is 1.42. The van der Waals surface area contributed by atoms with E-state index in [1.54, 1.807) is 6.92 Å². The van der Waals surface area contributed by atoms with E-state index in [1.807, 2.05) is 5.43 Å². The summed E-state index contributed by atoms with van der Waals surface area (Å²) in [5, 5.41) is 2.89. The van der Waals surface area contributed by atoms with E-state index in [0.717, 1.165) is 11.3 Å². The minimum Gasteiger partial charge on any atom is -0.302 e. The molecule has 0 aliphatic carbocycles. The lowest BCUT2D eigenvalue weighted by atomic mass is 10.4. The Kier molecular flexibility index (Phi) is 3.15. The monoisotopic (exact) mass is 214 g/mol. The van der Waals surface area contributed by atoms with Gasteiger partial charge in [-0.1, -0.05) is 11.3 Å². The van der Waals surface area contributed by atoms with E-state index in [1.165, 1.54) is 6.92 Å². The van der Waals surface area contributed by atoms with Crippen LogP contribution in [-0.2, 0) is 4.79 Å². The van der Waals surface area contributed by atoms with Crippen molar-refractivity contribution in [3.63, 3.8) is 0 Å². The molecule has 76 valence electrons. The summed E-state index contributed by atoms with van der Waals surface area (Å²) in [6.45, 7) is 3.05. The summed E-state index contributed by atoms with van der Waals surface area (Å²) in [6.07, 6.45) is 0. The number of hydrogen-bond donors (Lipinski definition) is 3. The molecule has 0 fully saturated rings. The number of carbonyl (C=O) groups is 2. The molecule has 0 aromatic carbocycles. The second-order valence-electron chi connectivity index (χ2n) is 2.59. The number of amides is 2. The van der Waals surface area contributed by atoms with Crippen LogP contribution in [0.1, 0.15) is 22.3 Å². The Morgan fingerprint density at radius 1 is 1.50 bits per heavy atom. The third-order valence-corrected chi connectivity index (χ3v) is 2.49. The number of thiazole rings is 1. The van der Waals surface area contributed by atoms with E-state index < -0.39 is 5.91 Å². The van der Waals surface area contributed by atoms with Gasteiger partial charge >= 0.3 is 0 Å². The number of aromatic nitrogens is 1. The average molecular weight is 214 g/mol. The summed E-state index contributed by atoms with van der Waals surface area (Å²) in [6, 6.07) is 0. The highest BCUT2D eigenvalue weighted by Gasteiger charge is 2.14. The van der Waals surface area contributed by atoms with Crippen LogP contribution in [-0.4, -0.2) is 16.8 Å². The van der Waals surface area contributed by atoms with Gasteiger partial charge in [-0.3, -0.25) is 15.0 Å². The van der Waals surface area contributed by atoms with Crippen molar-refractivity contribution in [2.24, 2.45) is 5.84 Å². The van der Waals surface area contributed by atoms with Crippen LogP contribution in [0.5, 0.6) is 0 Å². The van der Waals surface area contributed by atoms with E-state index in [2.05, 4.69) is 10.3 Å². The molecule has 1 aromatic rings. The van der Waals surface area contributed by atoms with E-state index >= 15 is 0 Å². The van der Waals surface area contributed by atoms with Crippen molar-refractivity contribution in [3.05, 3.63) is 10.6 Å². The molecule has 0 saturated carbocycles. The van der Waals surface area contributed by atoms with Gasteiger partial charge in [-0.05, 0) is 6.92 Å². The van der Waals surface area contributed by atoms with Crippen molar-refractivity contribution in [3.8, 4) is 0 Å². The first-order valence-corrected chi connectivity index (χ1v) is 4.62. The number of hydrogen-bond acceptors (Lipinski definition) is 5. The SMILES string of the molecule is CC(=O)Nc1nc(C)c(C(=O)NN)s1. The highest BCUT2D eigenvalue weighted by Crippen LogP contribution is 2.21. The second-order valence-corrected chi connectivity index (χ2v) is 3.59. The number of nitrogen functional groups attached to an aromatic ring is 1. The lowest BCUT2D eigenvalue weighted by Crippen LogP contribution is -2.29. The lowest BCUT2D eigenvalue weighted by molar-refractivity contribution is -0.114. The maximum absolute atomic E-state index is 11.2. The van der Waals surface area contributed by atoms with Crippen molar-refractivity contribution >= 4 is 28.3 Å². The van der Waals surface area contributed by atoms with Crippen LogP contribution in [0, 0.1) is 6.92 Å². The first-order valence-electron chi connectivity index (χ1n) is 3.80. The predicted molar refractivity (Wildman–Crippen MR) is 52.8 cm³/mol. The Bertz CT molecular complexity index is 374. The Balaban J connectivity index is 2.93.